The SMILES string of the molecule is OCCN(CCO)CC(O)COc1cc(Br)c(Br)c(Br)c1. The highest BCUT2D eigenvalue weighted by molar-refractivity contribution is 9.14. The van der Waals surface area contributed by atoms with E-state index in [0.29, 0.717) is 25.4 Å². The van der Waals surface area contributed by atoms with Gasteiger partial charge in [0.2, 0.25) is 0 Å². The fourth-order valence-corrected chi connectivity index (χ4v) is 3.11. The predicted octanol–water partition coefficient (Wildman–Crippen LogP) is 2.00. The fraction of sp³-hybridized carbons (Fsp3) is 0.538. The van der Waals surface area contributed by atoms with Gasteiger partial charge in [-0.3, -0.25) is 4.90 Å². The monoisotopic (exact) mass is 489 g/mol. The molecule has 0 radical (unpaired) electrons. The van der Waals surface area contributed by atoms with Gasteiger partial charge in [-0.15, -0.1) is 0 Å². The summed E-state index contributed by atoms with van der Waals surface area (Å²) in [5.41, 5.74) is 0. The molecule has 1 aromatic rings. The predicted molar refractivity (Wildman–Crippen MR) is 91.7 cm³/mol. The van der Waals surface area contributed by atoms with E-state index in [-0.39, 0.29) is 19.8 Å². The molecule has 1 rings (SSSR count). The summed E-state index contributed by atoms with van der Waals surface area (Å²) < 4.78 is 8.16. The topological polar surface area (TPSA) is 73.2 Å². The largest absolute Gasteiger partial charge is 0.491 e. The summed E-state index contributed by atoms with van der Waals surface area (Å²) in [7, 11) is 0. The van der Waals surface area contributed by atoms with Crippen LogP contribution in [0.25, 0.3) is 0 Å². The summed E-state index contributed by atoms with van der Waals surface area (Å²) in [6, 6.07) is 3.61. The third kappa shape index (κ3) is 6.94. The minimum Gasteiger partial charge on any atom is -0.491 e. The maximum Gasteiger partial charge on any atom is 0.121 e. The Morgan fingerprint density at radius 1 is 1.05 bits per heavy atom. The quantitative estimate of drug-likeness (QED) is 0.461. The molecule has 1 aromatic carbocycles. The van der Waals surface area contributed by atoms with E-state index in [0.717, 1.165) is 13.4 Å². The molecule has 5 nitrogen and oxygen atoms in total. The van der Waals surface area contributed by atoms with E-state index < -0.39 is 6.10 Å². The van der Waals surface area contributed by atoms with Gasteiger partial charge in [0.05, 0.1) is 13.2 Å². The Kier molecular flexibility index (Phi) is 9.35. The van der Waals surface area contributed by atoms with Gasteiger partial charge in [-0.25, -0.2) is 0 Å². The van der Waals surface area contributed by atoms with Gasteiger partial charge in [-0.1, -0.05) is 0 Å². The smallest absolute Gasteiger partial charge is 0.121 e. The molecular formula is C13H18Br3NO4. The third-order valence-corrected chi connectivity index (χ3v) is 5.87. The van der Waals surface area contributed by atoms with Crippen LogP contribution in [0.4, 0.5) is 0 Å². The molecule has 3 N–H and O–H groups in total. The van der Waals surface area contributed by atoms with Gasteiger partial charge in [0.1, 0.15) is 18.5 Å². The first-order chi connectivity index (χ1) is 9.97. The molecule has 0 aliphatic heterocycles. The second-order valence-corrected chi connectivity index (χ2v) is 6.92. The molecule has 0 fully saturated rings. The molecule has 0 aromatic heterocycles. The lowest BCUT2D eigenvalue weighted by molar-refractivity contribution is 0.0552. The number of aliphatic hydroxyl groups is 3. The van der Waals surface area contributed by atoms with E-state index in [1.54, 1.807) is 17.0 Å². The molecule has 0 saturated carbocycles. The lowest BCUT2D eigenvalue weighted by atomic mass is 10.3. The van der Waals surface area contributed by atoms with Crippen LogP contribution in [0.5, 0.6) is 5.75 Å². The maximum absolute atomic E-state index is 9.96. The van der Waals surface area contributed by atoms with Gasteiger partial charge in [-0.05, 0) is 59.9 Å². The van der Waals surface area contributed by atoms with Crippen molar-refractivity contribution in [3.63, 3.8) is 0 Å². The number of ether oxygens (including phenoxy) is 1. The number of nitrogens with zero attached hydrogens (tertiary/aromatic N) is 1. The van der Waals surface area contributed by atoms with Crippen molar-refractivity contribution < 1.29 is 20.1 Å². The molecule has 0 aliphatic rings. The first-order valence-corrected chi connectivity index (χ1v) is 8.75. The second-order valence-electron chi connectivity index (χ2n) is 4.41. The zero-order valence-electron chi connectivity index (χ0n) is 11.3. The minimum atomic E-state index is -0.704. The van der Waals surface area contributed by atoms with E-state index in [4.69, 9.17) is 14.9 Å². The lowest BCUT2D eigenvalue weighted by Crippen LogP contribution is -2.38. The average Bonchev–Trinajstić information content (AvgIpc) is 2.43. The van der Waals surface area contributed by atoms with Gasteiger partial charge in [0.15, 0.2) is 0 Å². The number of aliphatic hydroxyl groups excluding tert-OH is 3. The van der Waals surface area contributed by atoms with Crippen molar-refractivity contribution in [2.45, 2.75) is 6.10 Å². The van der Waals surface area contributed by atoms with E-state index in [9.17, 15) is 5.11 Å². The van der Waals surface area contributed by atoms with Crippen molar-refractivity contribution in [2.24, 2.45) is 0 Å². The number of hydrogen-bond donors (Lipinski definition) is 3. The summed E-state index contributed by atoms with van der Waals surface area (Å²) in [4.78, 5) is 1.78. The molecule has 1 atom stereocenters. The Labute approximate surface area is 149 Å². The zero-order chi connectivity index (χ0) is 15.8. The maximum atomic E-state index is 9.96. The standard InChI is InChI=1S/C13H18Br3NO4/c14-11-5-10(6-12(15)13(11)16)21-8-9(20)7-17(1-3-18)2-4-19/h5-6,9,18-20H,1-4,7-8H2. The van der Waals surface area contributed by atoms with Gasteiger partial charge in [0, 0.05) is 33.1 Å². The highest BCUT2D eigenvalue weighted by Gasteiger charge is 2.13. The molecule has 0 bridgehead atoms. The van der Waals surface area contributed by atoms with Crippen molar-refractivity contribution in [1.82, 2.24) is 4.90 Å². The molecule has 0 saturated heterocycles. The fourth-order valence-electron chi connectivity index (χ4n) is 1.74. The molecule has 1 unspecified atom stereocenters. The molecule has 8 heteroatoms. The summed E-state index contributed by atoms with van der Waals surface area (Å²) in [5.74, 6) is 0.631. The van der Waals surface area contributed by atoms with Gasteiger partial charge in [0.25, 0.3) is 0 Å². The highest BCUT2D eigenvalue weighted by atomic mass is 79.9. The molecule has 0 aliphatic carbocycles. The van der Waals surface area contributed by atoms with Crippen LogP contribution in [0, 0.1) is 0 Å². The lowest BCUT2D eigenvalue weighted by Gasteiger charge is -2.23. The Bertz CT molecular complexity index is 418. The zero-order valence-corrected chi connectivity index (χ0v) is 16.1. The Hall–Kier alpha value is 0.300. The van der Waals surface area contributed by atoms with Crippen LogP contribution in [-0.2, 0) is 0 Å². The normalized spacial score (nSPS) is 12.7. The number of hydrogen-bond acceptors (Lipinski definition) is 5. The van der Waals surface area contributed by atoms with Crippen molar-refractivity contribution in [3.05, 3.63) is 25.6 Å². The van der Waals surface area contributed by atoms with Crippen LogP contribution in [0.3, 0.4) is 0 Å². The van der Waals surface area contributed by atoms with E-state index >= 15 is 0 Å². The Morgan fingerprint density at radius 3 is 2.05 bits per heavy atom. The van der Waals surface area contributed by atoms with E-state index in [2.05, 4.69) is 47.8 Å². The minimum absolute atomic E-state index is 0.0137. The van der Waals surface area contributed by atoms with Gasteiger partial charge >= 0.3 is 0 Å². The Balaban J connectivity index is 2.50. The molecule has 120 valence electrons. The van der Waals surface area contributed by atoms with Crippen LogP contribution < -0.4 is 4.74 Å². The van der Waals surface area contributed by atoms with Crippen molar-refractivity contribution in [1.29, 1.82) is 0 Å². The summed E-state index contributed by atoms with van der Waals surface area (Å²) in [6.45, 7) is 1.26. The Morgan fingerprint density at radius 2 is 1.57 bits per heavy atom. The van der Waals surface area contributed by atoms with Crippen molar-refractivity contribution in [2.75, 3.05) is 39.5 Å². The molecule has 0 spiro atoms. The number of halogens is 3. The molecule has 0 amide bonds. The van der Waals surface area contributed by atoms with E-state index in [1.807, 2.05) is 0 Å². The first-order valence-electron chi connectivity index (χ1n) is 6.37. The third-order valence-electron chi connectivity index (χ3n) is 2.70. The number of rotatable bonds is 9. The van der Waals surface area contributed by atoms with Crippen LogP contribution in [0.15, 0.2) is 25.6 Å². The van der Waals surface area contributed by atoms with Crippen LogP contribution in [-0.4, -0.2) is 65.8 Å². The molecular weight excluding hydrogens is 474 g/mol. The van der Waals surface area contributed by atoms with Crippen molar-refractivity contribution >= 4 is 47.8 Å². The van der Waals surface area contributed by atoms with Crippen molar-refractivity contribution in [3.8, 4) is 5.75 Å². The first kappa shape index (κ1) is 19.3. The summed E-state index contributed by atoms with van der Waals surface area (Å²) in [6.07, 6.45) is -0.704. The highest BCUT2D eigenvalue weighted by Crippen LogP contribution is 2.34. The van der Waals surface area contributed by atoms with E-state index in [1.165, 1.54) is 0 Å². The van der Waals surface area contributed by atoms with Gasteiger partial charge < -0.3 is 20.1 Å². The van der Waals surface area contributed by atoms with Gasteiger partial charge in [-0.2, -0.15) is 0 Å². The summed E-state index contributed by atoms with van der Waals surface area (Å²) in [5, 5.41) is 27.8. The summed E-state index contributed by atoms with van der Waals surface area (Å²) >= 11 is 10.2. The molecule has 21 heavy (non-hydrogen) atoms. The average molecular weight is 492 g/mol. The second kappa shape index (κ2) is 10.1. The molecule has 0 heterocycles. The van der Waals surface area contributed by atoms with Crippen LogP contribution in [0.2, 0.25) is 0 Å². The van der Waals surface area contributed by atoms with Crippen LogP contribution in [0.1, 0.15) is 0 Å². The van der Waals surface area contributed by atoms with Crippen LogP contribution >= 0.6 is 47.8 Å². The number of benzene rings is 1.